The van der Waals surface area contributed by atoms with Crippen LogP contribution in [-0.2, 0) is 11.3 Å². The van der Waals surface area contributed by atoms with Gasteiger partial charge in [-0.15, -0.1) is 0 Å². The van der Waals surface area contributed by atoms with Crippen LogP contribution in [0.3, 0.4) is 0 Å². The van der Waals surface area contributed by atoms with Gasteiger partial charge >= 0.3 is 12.3 Å². The quantitative estimate of drug-likeness (QED) is 0.562. The Balaban J connectivity index is 1.56. The third-order valence-electron chi connectivity index (χ3n) is 4.38. The van der Waals surface area contributed by atoms with Gasteiger partial charge in [-0.25, -0.2) is 4.79 Å². The zero-order valence-corrected chi connectivity index (χ0v) is 16.6. The highest BCUT2D eigenvalue weighted by molar-refractivity contribution is 6.37. The van der Waals surface area contributed by atoms with E-state index in [0.717, 1.165) is 5.56 Å². The first-order valence-corrected chi connectivity index (χ1v) is 9.52. The van der Waals surface area contributed by atoms with Gasteiger partial charge in [0, 0.05) is 36.1 Å². The molecule has 1 fully saturated rings. The van der Waals surface area contributed by atoms with Gasteiger partial charge in [-0.2, -0.15) is 13.2 Å². The summed E-state index contributed by atoms with van der Waals surface area (Å²) in [4.78, 5) is 17.2. The second-order valence-corrected chi connectivity index (χ2v) is 7.47. The molecule has 2 aromatic carbocycles. The summed E-state index contributed by atoms with van der Waals surface area (Å²) < 4.78 is 45.5. The van der Waals surface area contributed by atoms with Gasteiger partial charge in [-0.05, 0) is 23.8 Å². The van der Waals surface area contributed by atoms with Crippen molar-refractivity contribution in [1.29, 1.82) is 0 Å². The number of hydrogen-bond acceptors (Lipinski definition) is 3. The number of halogens is 5. The maximum absolute atomic E-state index is 13.4. The first-order chi connectivity index (χ1) is 13.7. The van der Waals surface area contributed by atoms with E-state index in [1.165, 1.54) is 23.1 Å². The van der Waals surface area contributed by atoms with Crippen LogP contribution < -0.4 is 0 Å². The Labute approximate surface area is 175 Å². The summed E-state index contributed by atoms with van der Waals surface area (Å²) in [5.41, 5.74) is -0.413. The molecule has 2 aromatic rings. The summed E-state index contributed by atoms with van der Waals surface area (Å²) in [5.74, 6) is -0.178. The molecule has 0 spiro atoms. The molecule has 0 aromatic heterocycles. The van der Waals surface area contributed by atoms with Gasteiger partial charge in [0.05, 0.1) is 5.02 Å². The fourth-order valence-electron chi connectivity index (χ4n) is 2.87. The highest BCUT2D eigenvalue weighted by Crippen LogP contribution is 2.30. The van der Waals surface area contributed by atoms with Crippen molar-refractivity contribution in [1.82, 2.24) is 4.90 Å². The van der Waals surface area contributed by atoms with Crippen molar-refractivity contribution in [2.45, 2.75) is 12.8 Å². The van der Waals surface area contributed by atoms with Crippen LogP contribution in [0.5, 0.6) is 0 Å². The average molecular weight is 445 g/mol. The highest BCUT2D eigenvalue weighted by atomic mass is 35.5. The van der Waals surface area contributed by atoms with E-state index in [0.29, 0.717) is 0 Å². The van der Waals surface area contributed by atoms with E-state index in [2.05, 4.69) is 4.99 Å². The maximum Gasteiger partial charge on any atom is 0.433 e. The lowest BCUT2D eigenvalue weighted by Gasteiger charge is -2.37. The maximum atomic E-state index is 13.4. The molecule has 0 aliphatic carbocycles. The molecular formula is C20H17Cl2F3N2O2. The number of aliphatic imine (C=N–C) groups is 1. The molecule has 9 heteroatoms. The third kappa shape index (κ3) is 5.64. The molecular weight excluding hydrogens is 428 g/mol. The van der Waals surface area contributed by atoms with Crippen LogP contribution in [0.2, 0.25) is 10.0 Å². The summed E-state index contributed by atoms with van der Waals surface area (Å²) in [7, 11) is 0. The lowest BCUT2D eigenvalue weighted by molar-refractivity contribution is -0.0584. The number of alkyl halides is 3. The van der Waals surface area contributed by atoms with Crippen molar-refractivity contribution in [2.24, 2.45) is 10.9 Å². The number of nitrogens with zero attached hydrogens (tertiary/aromatic N) is 2. The molecule has 0 radical (unpaired) electrons. The topological polar surface area (TPSA) is 41.9 Å². The molecule has 154 valence electrons. The largest absolute Gasteiger partial charge is 0.445 e. The van der Waals surface area contributed by atoms with Gasteiger partial charge in [-0.1, -0.05) is 53.5 Å². The normalized spacial score (nSPS) is 15.2. The van der Waals surface area contributed by atoms with Gasteiger partial charge in [0.2, 0.25) is 0 Å². The van der Waals surface area contributed by atoms with Crippen LogP contribution in [0.4, 0.5) is 18.0 Å². The number of benzene rings is 2. The number of hydrogen-bond donors (Lipinski definition) is 0. The minimum atomic E-state index is -4.66. The fourth-order valence-corrected chi connectivity index (χ4v) is 3.37. The molecule has 0 N–H and O–H groups in total. The third-order valence-corrected chi connectivity index (χ3v) is 4.93. The predicted molar refractivity (Wildman–Crippen MR) is 106 cm³/mol. The average Bonchev–Trinajstić information content (AvgIpc) is 2.62. The zero-order valence-electron chi connectivity index (χ0n) is 15.1. The van der Waals surface area contributed by atoms with E-state index in [1.807, 2.05) is 30.3 Å². The molecule has 1 heterocycles. The Hall–Kier alpha value is -2.25. The van der Waals surface area contributed by atoms with Crippen molar-refractivity contribution in [3.05, 3.63) is 69.7 Å². The van der Waals surface area contributed by atoms with Crippen molar-refractivity contribution >= 4 is 35.0 Å². The Kier molecular flexibility index (Phi) is 6.70. The lowest BCUT2D eigenvalue weighted by Crippen LogP contribution is -2.51. The summed E-state index contributed by atoms with van der Waals surface area (Å²) in [6, 6.07) is 13.0. The predicted octanol–water partition coefficient (Wildman–Crippen LogP) is 5.61. The molecule has 0 unspecified atom stereocenters. The van der Waals surface area contributed by atoms with E-state index in [4.69, 9.17) is 27.9 Å². The van der Waals surface area contributed by atoms with Gasteiger partial charge < -0.3 is 9.64 Å². The van der Waals surface area contributed by atoms with Gasteiger partial charge in [0.25, 0.3) is 0 Å². The second kappa shape index (κ2) is 9.05. The Bertz CT molecular complexity index is 898. The van der Waals surface area contributed by atoms with E-state index in [-0.39, 0.29) is 47.8 Å². The van der Waals surface area contributed by atoms with E-state index >= 15 is 0 Å². The number of carbonyl (C=O) groups excluding carboxylic acids is 1. The van der Waals surface area contributed by atoms with Crippen LogP contribution in [0.15, 0.2) is 53.5 Å². The minimum Gasteiger partial charge on any atom is -0.445 e. The number of carbonyl (C=O) groups is 1. The standard InChI is InChI=1S/C20H17Cl2F3N2O2/c21-15-6-7-16(17(22)8-15)18(20(23,24)25)26-9-14-10-27(11-14)19(28)29-12-13-4-2-1-3-5-13/h1-8,14H,9-12H2. The molecule has 0 saturated carbocycles. The number of rotatable bonds is 5. The summed E-state index contributed by atoms with van der Waals surface area (Å²) >= 11 is 11.7. The molecule has 29 heavy (non-hydrogen) atoms. The second-order valence-electron chi connectivity index (χ2n) is 6.62. The van der Waals surface area contributed by atoms with Crippen molar-refractivity contribution < 1.29 is 22.7 Å². The van der Waals surface area contributed by atoms with Crippen molar-refractivity contribution in [3.63, 3.8) is 0 Å². The summed E-state index contributed by atoms with van der Waals surface area (Å²) in [6.45, 7) is 0.649. The molecule has 1 saturated heterocycles. The van der Waals surface area contributed by atoms with Crippen molar-refractivity contribution in [2.75, 3.05) is 19.6 Å². The Morgan fingerprint density at radius 3 is 2.45 bits per heavy atom. The first kappa shape index (κ1) is 21.5. The molecule has 4 nitrogen and oxygen atoms in total. The number of amides is 1. The smallest absolute Gasteiger partial charge is 0.433 e. The lowest BCUT2D eigenvalue weighted by atomic mass is 10.0. The van der Waals surface area contributed by atoms with Crippen LogP contribution in [0, 0.1) is 5.92 Å². The van der Waals surface area contributed by atoms with E-state index < -0.39 is 18.0 Å². The fraction of sp³-hybridized carbons (Fsp3) is 0.300. The highest BCUT2D eigenvalue weighted by Gasteiger charge is 2.39. The number of likely N-dealkylation sites (tertiary alicyclic amines) is 1. The Morgan fingerprint density at radius 2 is 1.83 bits per heavy atom. The monoisotopic (exact) mass is 444 g/mol. The summed E-state index contributed by atoms with van der Waals surface area (Å²) in [6.07, 6.45) is -5.15. The molecule has 3 rings (SSSR count). The van der Waals surface area contributed by atoms with Crippen LogP contribution >= 0.6 is 23.2 Å². The van der Waals surface area contributed by atoms with E-state index in [9.17, 15) is 18.0 Å². The summed E-state index contributed by atoms with van der Waals surface area (Å²) in [5, 5.41) is 0.122. The zero-order chi connectivity index (χ0) is 21.0. The number of ether oxygens (including phenoxy) is 1. The minimum absolute atomic E-state index is 0.0732. The Morgan fingerprint density at radius 1 is 1.14 bits per heavy atom. The molecule has 1 aliphatic heterocycles. The van der Waals surface area contributed by atoms with Gasteiger partial charge in [0.15, 0.2) is 0 Å². The van der Waals surface area contributed by atoms with E-state index in [1.54, 1.807) is 0 Å². The molecule has 1 aliphatic rings. The molecule has 0 bridgehead atoms. The SMILES string of the molecule is O=C(OCc1ccccc1)N1CC(CN=C(c2ccc(Cl)cc2Cl)C(F)(F)F)C1. The first-order valence-electron chi connectivity index (χ1n) is 8.76. The molecule has 1 amide bonds. The van der Waals surface area contributed by atoms with Gasteiger partial charge in [-0.3, -0.25) is 4.99 Å². The molecule has 0 atom stereocenters. The van der Waals surface area contributed by atoms with Crippen molar-refractivity contribution in [3.8, 4) is 0 Å². The van der Waals surface area contributed by atoms with Gasteiger partial charge in [0.1, 0.15) is 12.3 Å². The van der Waals surface area contributed by atoms with Crippen LogP contribution in [0.1, 0.15) is 11.1 Å². The van der Waals surface area contributed by atoms with Crippen LogP contribution in [-0.4, -0.2) is 42.5 Å². The van der Waals surface area contributed by atoms with Crippen LogP contribution in [0.25, 0.3) is 0 Å².